The van der Waals surface area contributed by atoms with Crippen LogP contribution in [0.15, 0.2) is 91.0 Å². The molecule has 2 heterocycles. The number of aliphatic hydroxyl groups is 2. The lowest BCUT2D eigenvalue weighted by Crippen LogP contribution is -2.44. The maximum Gasteiger partial charge on any atom is 0.264 e. The highest BCUT2D eigenvalue weighted by Crippen LogP contribution is 2.45. The molecule has 2 aliphatic heterocycles. The van der Waals surface area contributed by atoms with Crippen molar-refractivity contribution in [3.63, 3.8) is 0 Å². The number of nitrogens with zero attached hydrogens (tertiary/aromatic N) is 3. The lowest BCUT2D eigenvalue weighted by Gasteiger charge is -2.28. The zero-order chi connectivity index (χ0) is 29.7. The largest absolute Gasteiger partial charge is 0.395 e. The fourth-order valence-corrected chi connectivity index (χ4v) is 5.80. The van der Waals surface area contributed by atoms with E-state index in [9.17, 15) is 24.6 Å². The third-order valence-corrected chi connectivity index (χ3v) is 8.15. The Hall–Kier alpha value is -4.27. The molecule has 8 nitrogen and oxygen atoms in total. The summed E-state index contributed by atoms with van der Waals surface area (Å²) >= 11 is 0. The van der Waals surface area contributed by atoms with E-state index in [0.717, 1.165) is 23.2 Å². The van der Waals surface area contributed by atoms with E-state index in [1.807, 2.05) is 66.7 Å². The van der Waals surface area contributed by atoms with Gasteiger partial charge in [-0.2, -0.15) is 0 Å². The molecule has 0 unspecified atom stereocenters. The first-order valence-corrected chi connectivity index (χ1v) is 14.4. The molecule has 0 radical (unpaired) electrons. The number of carbonyl (C=O) groups is 3. The van der Waals surface area contributed by atoms with Crippen molar-refractivity contribution >= 4 is 29.1 Å². The van der Waals surface area contributed by atoms with Crippen LogP contribution >= 0.6 is 0 Å². The molecule has 0 saturated carbocycles. The second-order valence-electron chi connectivity index (χ2n) is 10.9. The van der Waals surface area contributed by atoms with Crippen LogP contribution in [0.3, 0.4) is 0 Å². The van der Waals surface area contributed by atoms with Crippen LogP contribution in [0.25, 0.3) is 0 Å². The minimum atomic E-state index is -1.78. The van der Waals surface area contributed by atoms with E-state index in [1.165, 1.54) is 0 Å². The topological polar surface area (TPSA) is 101 Å². The molecule has 42 heavy (non-hydrogen) atoms. The summed E-state index contributed by atoms with van der Waals surface area (Å²) in [7, 11) is 0. The van der Waals surface area contributed by atoms with Gasteiger partial charge in [-0.25, -0.2) is 0 Å². The molecule has 0 aliphatic carbocycles. The minimum absolute atomic E-state index is 0.0820. The van der Waals surface area contributed by atoms with Gasteiger partial charge in [-0.15, -0.1) is 0 Å². The Bertz CT molecular complexity index is 1460. The lowest BCUT2D eigenvalue weighted by molar-refractivity contribution is -0.139. The summed E-state index contributed by atoms with van der Waals surface area (Å²) in [5.74, 6) is -1.05. The molecule has 3 aromatic rings. The number of rotatable bonds is 11. The minimum Gasteiger partial charge on any atom is -0.395 e. The van der Waals surface area contributed by atoms with Gasteiger partial charge >= 0.3 is 0 Å². The first-order valence-electron chi connectivity index (χ1n) is 14.4. The Balaban J connectivity index is 1.29. The van der Waals surface area contributed by atoms with Crippen molar-refractivity contribution in [1.82, 2.24) is 4.90 Å². The third-order valence-electron chi connectivity index (χ3n) is 8.15. The molecule has 0 spiro atoms. The zero-order valence-electron chi connectivity index (χ0n) is 23.9. The van der Waals surface area contributed by atoms with E-state index in [2.05, 4.69) is 0 Å². The second-order valence-corrected chi connectivity index (χ2v) is 10.9. The molecule has 0 bridgehead atoms. The van der Waals surface area contributed by atoms with Crippen molar-refractivity contribution in [3.8, 4) is 0 Å². The second kappa shape index (κ2) is 12.7. The zero-order valence-corrected chi connectivity index (χ0v) is 23.9. The lowest BCUT2D eigenvalue weighted by atomic mass is 9.83. The summed E-state index contributed by atoms with van der Waals surface area (Å²) in [5, 5.41) is 21.4. The van der Waals surface area contributed by atoms with E-state index in [1.54, 1.807) is 45.9 Å². The Morgan fingerprint density at radius 2 is 1.71 bits per heavy atom. The average molecular weight is 568 g/mol. The molecule has 2 aliphatic rings. The van der Waals surface area contributed by atoms with Crippen LogP contribution in [-0.2, 0) is 33.1 Å². The number of hydrogen-bond donors (Lipinski definition) is 2. The van der Waals surface area contributed by atoms with Gasteiger partial charge in [0.1, 0.15) is 0 Å². The van der Waals surface area contributed by atoms with Gasteiger partial charge in [0.15, 0.2) is 5.60 Å². The van der Waals surface area contributed by atoms with E-state index >= 15 is 0 Å². The van der Waals surface area contributed by atoms with Gasteiger partial charge < -0.3 is 24.9 Å². The van der Waals surface area contributed by atoms with E-state index in [0.29, 0.717) is 30.8 Å². The van der Waals surface area contributed by atoms with Crippen LogP contribution < -0.4 is 9.80 Å². The van der Waals surface area contributed by atoms with Crippen LogP contribution in [0, 0.1) is 5.92 Å². The summed E-state index contributed by atoms with van der Waals surface area (Å²) in [5.41, 5.74) is 2.10. The molecule has 218 valence electrons. The van der Waals surface area contributed by atoms with Gasteiger partial charge in [0, 0.05) is 49.6 Å². The van der Waals surface area contributed by atoms with E-state index < -0.39 is 17.4 Å². The number of para-hydroxylation sites is 1. The highest BCUT2D eigenvalue weighted by atomic mass is 16.3. The van der Waals surface area contributed by atoms with E-state index in [4.69, 9.17) is 0 Å². The SMILES string of the molecule is C[C@@H](/C=C/CC(=O)N(CCO)Cc1ccccc1)[C@]1(O)C(=O)N(Cc2ccc(N3CCCC3=O)cc2)c2ccccc21. The van der Waals surface area contributed by atoms with Gasteiger partial charge in [0.05, 0.1) is 18.8 Å². The summed E-state index contributed by atoms with van der Waals surface area (Å²) in [6.45, 7) is 3.24. The standard InChI is InChI=1S/C34H37N3O5/c1-25(9-7-14-31(39)35(21-22-38)23-26-10-3-2-4-11-26)34(42)29-12-5-6-13-30(29)37(33(34)41)24-27-16-18-28(19-17-27)36-20-8-15-32(36)40/h2-7,9-13,16-19,25,38,42H,8,14-15,20-24H2,1H3/b9-7+/t25-,34+/m0/s1. The third kappa shape index (κ3) is 5.86. The Morgan fingerprint density at radius 3 is 2.40 bits per heavy atom. The summed E-state index contributed by atoms with van der Waals surface area (Å²) in [6, 6.07) is 24.5. The number of anilines is 2. The first-order chi connectivity index (χ1) is 20.3. The van der Waals surface area contributed by atoms with Gasteiger partial charge in [-0.05, 0) is 35.7 Å². The maximum absolute atomic E-state index is 13.8. The smallest absolute Gasteiger partial charge is 0.264 e. The van der Waals surface area contributed by atoms with Crippen LogP contribution in [0.4, 0.5) is 11.4 Å². The summed E-state index contributed by atoms with van der Waals surface area (Å²) in [4.78, 5) is 43.9. The van der Waals surface area contributed by atoms with Gasteiger partial charge in [0.25, 0.3) is 5.91 Å². The number of benzene rings is 3. The number of amides is 3. The van der Waals surface area contributed by atoms with Gasteiger partial charge in [-0.1, -0.05) is 79.7 Å². The molecular weight excluding hydrogens is 530 g/mol. The molecule has 1 fully saturated rings. The van der Waals surface area contributed by atoms with Gasteiger partial charge in [0.2, 0.25) is 11.8 Å². The molecule has 3 amide bonds. The van der Waals surface area contributed by atoms with Crippen molar-refractivity contribution in [2.24, 2.45) is 5.92 Å². The molecule has 2 atom stereocenters. The average Bonchev–Trinajstić information content (AvgIpc) is 3.53. The molecule has 2 N–H and O–H groups in total. The number of hydrogen-bond acceptors (Lipinski definition) is 5. The van der Waals surface area contributed by atoms with Crippen molar-refractivity contribution in [2.75, 3.05) is 29.5 Å². The Morgan fingerprint density at radius 1 is 1.00 bits per heavy atom. The van der Waals surface area contributed by atoms with E-state index in [-0.39, 0.29) is 37.9 Å². The predicted octanol–water partition coefficient (Wildman–Crippen LogP) is 4.15. The molecule has 5 rings (SSSR count). The molecular formula is C34H37N3O5. The fraction of sp³-hybridized carbons (Fsp3) is 0.324. The Kier molecular flexibility index (Phi) is 8.85. The Labute approximate surface area is 246 Å². The predicted molar refractivity (Wildman–Crippen MR) is 161 cm³/mol. The molecule has 3 aromatic carbocycles. The molecule has 0 aromatic heterocycles. The number of fused-ring (bicyclic) bond motifs is 1. The normalized spacial score (nSPS) is 19.0. The van der Waals surface area contributed by atoms with Crippen LogP contribution in [-0.4, -0.2) is 52.5 Å². The van der Waals surface area contributed by atoms with Crippen molar-refractivity contribution in [3.05, 3.63) is 108 Å². The highest BCUT2D eigenvalue weighted by molar-refractivity contribution is 6.07. The van der Waals surface area contributed by atoms with Crippen LogP contribution in [0.2, 0.25) is 0 Å². The van der Waals surface area contributed by atoms with Crippen LogP contribution in [0.5, 0.6) is 0 Å². The summed E-state index contributed by atoms with van der Waals surface area (Å²) < 4.78 is 0. The quantitative estimate of drug-likeness (QED) is 0.339. The van der Waals surface area contributed by atoms with Gasteiger partial charge in [-0.3, -0.25) is 14.4 Å². The van der Waals surface area contributed by atoms with Crippen molar-refractivity contribution in [1.29, 1.82) is 0 Å². The molecule has 8 heteroatoms. The summed E-state index contributed by atoms with van der Waals surface area (Å²) in [6.07, 6.45) is 4.91. The number of aliphatic hydroxyl groups excluding tert-OH is 1. The molecule has 1 saturated heterocycles. The number of carbonyl (C=O) groups excluding carboxylic acids is 3. The monoisotopic (exact) mass is 567 g/mol. The van der Waals surface area contributed by atoms with Crippen molar-refractivity contribution < 1.29 is 24.6 Å². The highest BCUT2D eigenvalue weighted by Gasteiger charge is 2.52. The first kappa shape index (κ1) is 29.2. The maximum atomic E-state index is 13.8. The fourth-order valence-electron chi connectivity index (χ4n) is 5.80. The van der Waals surface area contributed by atoms with Crippen molar-refractivity contribution in [2.45, 2.75) is 44.9 Å². The van der Waals surface area contributed by atoms with Crippen LogP contribution in [0.1, 0.15) is 42.9 Å².